The molecule has 4 nitrogen and oxygen atoms in total. The van der Waals surface area contributed by atoms with Crippen molar-refractivity contribution in [2.24, 2.45) is 0 Å². The van der Waals surface area contributed by atoms with Crippen LogP contribution in [0.3, 0.4) is 0 Å². The van der Waals surface area contributed by atoms with E-state index in [2.05, 4.69) is 19.2 Å². The van der Waals surface area contributed by atoms with Crippen LogP contribution in [0.2, 0.25) is 0 Å². The largest absolute Gasteiger partial charge is 0.394 e. The smallest absolute Gasteiger partial charge is 0.220 e. The fraction of sp³-hybridized carbons (Fsp3) is 0.897. The number of hydrogen-bond donors (Lipinski definition) is 3. The molecule has 3 N–H and O–H groups in total. The summed E-state index contributed by atoms with van der Waals surface area (Å²) in [7, 11) is 0. The van der Waals surface area contributed by atoms with E-state index in [0.29, 0.717) is 6.42 Å². The summed E-state index contributed by atoms with van der Waals surface area (Å²) in [6, 6.07) is -0.611. The van der Waals surface area contributed by atoms with Crippen LogP contribution in [-0.4, -0.2) is 34.9 Å². The minimum absolute atomic E-state index is 0.0731. The maximum Gasteiger partial charge on any atom is 0.220 e. The molecular weight excluding hydrogens is 410 g/mol. The van der Waals surface area contributed by atoms with E-state index >= 15 is 0 Å². The quantitative estimate of drug-likeness (QED) is 0.0955. The average Bonchev–Trinajstić information content (AvgIpc) is 2.82. The normalized spacial score (nSPS) is 13.5. The van der Waals surface area contributed by atoms with Crippen molar-refractivity contribution in [2.45, 2.75) is 161 Å². The van der Waals surface area contributed by atoms with Crippen LogP contribution in [0, 0.1) is 0 Å². The second kappa shape index (κ2) is 25.7. The van der Waals surface area contributed by atoms with Crippen LogP contribution in [0.15, 0.2) is 12.2 Å². The minimum Gasteiger partial charge on any atom is -0.394 e. The third-order valence-corrected chi connectivity index (χ3v) is 6.52. The van der Waals surface area contributed by atoms with Gasteiger partial charge in [0, 0.05) is 6.42 Å². The number of amides is 1. The van der Waals surface area contributed by atoms with E-state index in [9.17, 15) is 15.0 Å². The summed E-state index contributed by atoms with van der Waals surface area (Å²) in [5.41, 5.74) is 0. The molecule has 4 heteroatoms. The van der Waals surface area contributed by atoms with Gasteiger partial charge >= 0.3 is 0 Å². The SMILES string of the molecule is CCCCCCCCCCCCCCC=C[C@H](O)[C@@H](CO)NC(=O)CCCCCCCCC. The zero-order valence-corrected chi connectivity index (χ0v) is 22.2. The Balaban J connectivity index is 3.67. The number of carbonyl (C=O) groups is 1. The molecule has 0 fully saturated rings. The lowest BCUT2D eigenvalue weighted by Crippen LogP contribution is -2.45. The lowest BCUT2D eigenvalue weighted by molar-refractivity contribution is -0.123. The van der Waals surface area contributed by atoms with E-state index in [-0.39, 0.29) is 12.5 Å². The van der Waals surface area contributed by atoms with Crippen LogP contribution >= 0.6 is 0 Å². The molecule has 0 bridgehead atoms. The molecule has 2 atom stereocenters. The van der Waals surface area contributed by atoms with E-state index < -0.39 is 12.1 Å². The summed E-state index contributed by atoms with van der Waals surface area (Å²) in [5.74, 6) is -0.0731. The molecular formula is C29H57NO3. The minimum atomic E-state index is -0.828. The molecule has 0 saturated heterocycles. The van der Waals surface area contributed by atoms with Crippen molar-refractivity contribution >= 4 is 5.91 Å². The first kappa shape index (κ1) is 32.1. The van der Waals surface area contributed by atoms with Crippen molar-refractivity contribution in [3.63, 3.8) is 0 Å². The van der Waals surface area contributed by atoms with Gasteiger partial charge in [-0.2, -0.15) is 0 Å². The van der Waals surface area contributed by atoms with Gasteiger partial charge in [0.15, 0.2) is 0 Å². The highest BCUT2D eigenvalue weighted by Crippen LogP contribution is 2.13. The standard InChI is InChI=1S/C29H57NO3/c1-3-5-7-9-11-12-13-14-15-16-17-19-20-22-24-28(32)27(26-31)30-29(33)25-23-21-18-10-8-6-4-2/h22,24,27-28,31-32H,3-21,23,25-26H2,1-2H3,(H,30,33)/t27-,28+/m1/s1. The Morgan fingerprint density at radius 2 is 1.12 bits per heavy atom. The predicted octanol–water partition coefficient (Wildman–Crippen LogP) is 7.61. The molecule has 0 aliphatic rings. The van der Waals surface area contributed by atoms with Crippen molar-refractivity contribution < 1.29 is 15.0 Å². The predicted molar refractivity (Wildman–Crippen MR) is 142 cm³/mol. The third-order valence-electron chi connectivity index (χ3n) is 6.52. The fourth-order valence-corrected chi connectivity index (χ4v) is 4.23. The topological polar surface area (TPSA) is 69.6 Å². The Labute approximate surface area is 206 Å². The number of aliphatic hydroxyl groups excluding tert-OH is 2. The third kappa shape index (κ3) is 22.7. The van der Waals surface area contributed by atoms with E-state index in [0.717, 1.165) is 25.7 Å². The van der Waals surface area contributed by atoms with E-state index in [1.54, 1.807) is 6.08 Å². The summed E-state index contributed by atoms with van der Waals surface area (Å²) in [6.07, 6.45) is 28.6. The van der Waals surface area contributed by atoms with Gasteiger partial charge in [-0.25, -0.2) is 0 Å². The first-order chi connectivity index (χ1) is 16.2. The first-order valence-electron chi connectivity index (χ1n) is 14.4. The highest BCUT2D eigenvalue weighted by atomic mass is 16.3. The number of rotatable bonds is 25. The molecule has 0 heterocycles. The van der Waals surface area contributed by atoms with Gasteiger partial charge < -0.3 is 15.5 Å². The van der Waals surface area contributed by atoms with Crippen LogP contribution in [-0.2, 0) is 4.79 Å². The summed E-state index contributed by atoms with van der Waals surface area (Å²) in [4.78, 5) is 12.1. The fourth-order valence-electron chi connectivity index (χ4n) is 4.23. The van der Waals surface area contributed by atoms with Crippen molar-refractivity contribution in [1.29, 1.82) is 0 Å². The summed E-state index contributed by atoms with van der Waals surface area (Å²) >= 11 is 0. The lowest BCUT2D eigenvalue weighted by Gasteiger charge is -2.20. The van der Waals surface area contributed by atoms with Crippen LogP contribution < -0.4 is 5.32 Å². The average molecular weight is 468 g/mol. The van der Waals surface area contributed by atoms with Gasteiger partial charge in [0.05, 0.1) is 18.8 Å². The van der Waals surface area contributed by atoms with E-state index in [1.165, 1.54) is 103 Å². The zero-order chi connectivity index (χ0) is 24.4. The van der Waals surface area contributed by atoms with Gasteiger partial charge in [0.2, 0.25) is 5.91 Å². The first-order valence-corrected chi connectivity index (χ1v) is 14.4. The Hall–Kier alpha value is -0.870. The van der Waals surface area contributed by atoms with Gasteiger partial charge in [0.25, 0.3) is 0 Å². The van der Waals surface area contributed by atoms with Crippen molar-refractivity contribution in [1.82, 2.24) is 5.32 Å². The van der Waals surface area contributed by atoms with Crippen LogP contribution in [0.25, 0.3) is 0 Å². The van der Waals surface area contributed by atoms with Crippen LogP contribution in [0.4, 0.5) is 0 Å². The van der Waals surface area contributed by atoms with Gasteiger partial charge in [0.1, 0.15) is 0 Å². The summed E-state index contributed by atoms with van der Waals surface area (Å²) in [6.45, 7) is 4.24. The summed E-state index contributed by atoms with van der Waals surface area (Å²) < 4.78 is 0. The van der Waals surface area contributed by atoms with Gasteiger partial charge in [-0.15, -0.1) is 0 Å². The lowest BCUT2D eigenvalue weighted by atomic mass is 10.0. The highest BCUT2D eigenvalue weighted by molar-refractivity contribution is 5.76. The molecule has 0 aromatic heterocycles. The maximum absolute atomic E-state index is 12.1. The number of carbonyl (C=O) groups excluding carboxylic acids is 1. The molecule has 0 spiro atoms. The number of aliphatic hydroxyl groups is 2. The Kier molecular flexibility index (Phi) is 25.1. The van der Waals surface area contributed by atoms with Crippen molar-refractivity contribution in [3.05, 3.63) is 12.2 Å². The highest BCUT2D eigenvalue weighted by Gasteiger charge is 2.17. The Morgan fingerprint density at radius 3 is 1.58 bits per heavy atom. The molecule has 0 aliphatic heterocycles. The Bertz CT molecular complexity index is 439. The molecule has 0 unspecified atom stereocenters. The monoisotopic (exact) mass is 467 g/mol. The maximum atomic E-state index is 12.1. The van der Waals surface area contributed by atoms with Crippen LogP contribution in [0.1, 0.15) is 149 Å². The number of unbranched alkanes of at least 4 members (excludes halogenated alkanes) is 18. The number of hydrogen-bond acceptors (Lipinski definition) is 3. The summed E-state index contributed by atoms with van der Waals surface area (Å²) in [5, 5.41) is 22.6. The molecule has 0 radical (unpaired) electrons. The van der Waals surface area contributed by atoms with Gasteiger partial charge in [-0.3, -0.25) is 4.79 Å². The number of nitrogens with one attached hydrogen (secondary N) is 1. The second-order valence-electron chi connectivity index (χ2n) is 9.82. The molecule has 0 aliphatic carbocycles. The molecule has 0 saturated carbocycles. The molecule has 33 heavy (non-hydrogen) atoms. The molecule has 0 aromatic carbocycles. The van der Waals surface area contributed by atoms with Gasteiger partial charge in [-0.05, 0) is 19.3 Å². The Morgan fingerprint density at radius 1 is 0.697 bits per heavy atom. The van der Waals surface area contributed by atoms with Crippen LogP contribution in [0.5, 0.6) is 0 Å². The van der Waals surface area contributed by atoms with E-state index in [1.807, 2.05) is 6.08 Å². The molecule has 0 aromatic rings. The zero-order valence-electron chi connectivity index (χ0n) is 22.2. The second-order valence-corrected chi connectivity index (χ2v) is 9.82. The number of allylic oxidation sites excluding steroid dienone is 1. The molecule has 0 rings (SSSR count). The molecule has 196 valence electrons. The molecule has 1 amide bonds. The van der Waals surface area contributed by atoms with E-state index in [4.69, 9.17) is 0 Å². The van der Waals surface area contributed by atoms with Crippen molar-refractivity contribution in [2.75, 3.05) is 6.61 Å². The van der Waals surface area contributed by atoms with Gasteiger partial charge in [-0.1, -0.05) is 135 Å². The van der Waals surface area contributed by atoms with Crippen molar-refractivity contribution in [3.8, 4) is 0 Å².